The number of rotatable bonds is 7. The molecule has 0 aliphatic heterocycles. The Morgan fingerprint density at radius 3 is 2.65 bits per heavy atom. The molecular formula is C16H25N. The van der Waals surface area contributed by atoms with E-state index in [-0.39, 0.29) is 0 Å². The van der Waals surface area contributed by atoms with Gasteiger partial charge < -0.3 is 5.32 Å². The van der Waals surface area contributed by atoms with E-state index in [2.05, 4.69) is 43.4 Å². The minimum absolute atomic E-state index is 0.566. The molecule has 0 amide bonds. The molecule has 1 aromatic rings. The van der Waals surface area contributed by atoms with E-state index in [0.717, 1.165) is 18.9 Å². The van der Waals surface area contributed by atoms with Gasteiger partial charge in [0.05, 0.1) is 0 Å². The lowest BCUT2D eigenvalue weighted by Crippen LogP contribution is -2.22. The van der Waals surface area contributed by atoms with Crippen LogP contribution in [0.25, 0.3) is 0 Å². The average Bonchev–Trinajstić information content (AvgIpc) is 3.18. The standard InChI is InChI=1S/C16H25N/c1-3-14-7-5-6-8-15(14)16(17-4-2)12-11-13-9-10-13/h5-8,13,16-17H,3-4,9-12H2,1-2H3. The first-order valence-electron chi connectivity index (χ1n) is 7.16. The van der Waals surface area contributed by atoms with Crippen molar-refractivity contribution >= 4 is 0 Å². The van der Waals surface area contributed by atoms with Gasteiger partial charge >= 0.3 is 0 Å². The minimum Gasteiger partial charge on any atom is -0.310 e. The Morgan fingerprint density at radius 2 is 2.00 bits per heavy atom. The summed E-state index contributed by atoms with van der Waals surface area (Å²) in [5.74, 6) is 1.03. The highest BCUT2D eigenvalue weighted by Crippen LogP contribution is 2.36. The molecule has 0 saturated heterocycles. The van der Waals surface area contributed by atoms with Crippen LogP contribution in [0, 0.1) is 5.92 Å². The first kappa shape index (κ1) is 12.6. The zero-order valence-electron chi connectivity index (χ0n) is 11.2. The monoisotopic (exact) mass is 231 g/mol. The number of hydrogen-bond acceptors (Lipinski definition) is 1. The average molecular weight is 231 g/mol. The van der Waals surface area contributed by atoms with E-state index < -0.39 is 0 Å². The lowest BCUT2D eigenvalue weighted by molar-refractivity contribution is 0.479. The summed E-state index contributed by atoms with van der Waals surface area (Å²) in [4.78, 5) is 0. The molecule has 0 heterocycles. The topological polar surface area (TPSA) is 12.0 Å². The fraction of sp³-hybridized carbons (Fsp3) is 0.625. The van der Waals surface area contributed by atoms with Crippen molar-refractivity contribution in [2.75, 3.05) is 6.54 Å². The maximum Gasteiger partial charge on any atom is 0.0322 e. The third kappa shape index (κ3) is 3.57. The van der Waals surface area contributed by atoms with Crippen LogP contribution < -0.4 is 5.32 Å². The third-order valence-corrected chi connectivity index (χ3v) is 3.82. The molecule has 1 heteroatoms. The summed E-state index contributed by atoms with van der Waals surface area (Å²) in [6.45, 7) is 5.52. The number of nitrogens with one attached hydrogen (secondary N) is 1. The van der Waals surface area contributed by atoms with Gasteiger partial charge in [0.1, 0.15) is 0 Å². The fourth-order valence-electron chi connectivity index (χ4n) is 2.62. The molecule has 0 radical (unpaired) electrons. The molecule has 1 fully saturated rings. The third-order valence-electron chi connectivity index (χ3n) is 3.82. The van der Waals surface area contributed by atoms with Crippen molar-refractivity contribution in [2.24, 2.45) is 5.92 Å². The summed E-state index contributed by atoms with van der Waals surface area (Å²) in [6, 6.07) is 9.48. The molecule has 1 atom stereocenters. The van der Waals surface area contributed by atoms with Crippen LogP contribution in [0.2, 0.25) is 0 Å². The molecule has 1 nitrogen and oxygen atoms in total. The van der Waals surface area contributed by atoms with E-state index in [1.807, 2.05) is 0 Å². The molecule has 0 aromatic heterocycles. The van der Waals surface area contributed by atoms with E-state index in [1.165, 1.54) is 36.8 Å². The van der Waals surface area contributed by atoms with Crippen LogP contribution in [0.3, 0.4) is 0 Å². The second-order valence-corrected chi connectivity index (χ2v) is 5.18. The van der Waals surface area contributed by atoms with Crippen molar-refractivity contribution in [3.63, 3.8) is 0 Å². The zero-order chi connectivity index (χ0) is 12.1. The van der Waals surface area contributed by atoms with Crippen LogP contribution in [0.1, 0.15) is 56.7 Å². The Kier molecular flexibility index (Phi) is 4.61. The van der Waals surface area contributed by atoms with Gasteiger partial charge in [0.25, 0.3) is 0 Å². The van der Waals surface area contributed by atoms with Crippen LogP contribution in [-0.2, 0) is 6.42 Å². The normalized spacial score (nSPS) is 17.1. The summed E-state index contributed by atoms with van der Waals surface area (Å²) in [5, 5.41) is 3.66. The highest BCUT2D eigenvalue weighted by atomic mass is 14.9. The molecule has 1 aliphatic carbocycles. The summed E-state index contributed by atoms with van der Waals surface area (Å²) < 4.78 is 0. The molecular weight excluding hydrogens is 206 g/mol. The van der Waals surface area contributed by atoms with E-state index in [1.54, 1.807) is 0 Å². The van der Waals surface area contributed by atoms with E-state index in [9.17, 15) is 0 Å². The second kappa shape index (κ2) is 6.20. The van der Waals surface area contributed by atoms with Gasteiger partial charge in [-0.3, -0.25) is 0 Å². The number of benzene rings is 1. The van der Waals surface area contributed by atoms with Crippen LogP contribution in [0.15, 0.2) is 24.3 Å². The second-order valence-electron chi connectivity index (χ2n) is 5.18. The lowest BCUT2D eigenvalue weighted by Gasteiger charge is -2.21. The first-order valence-corrected chi connectivity index (χ1v) is 7.16. The summed E-state index contributed by atoms with van der Waals surface area (Å²) in [5.41, 5.74) is 3.03. The Bertz CT molecular complexity index is 341. The Balaban J connectivity index is 2.05. The molecule has 0 bridgehead atoms. The minimum atomic E-state index is 0.566. The molecule has 17 heavy (non-hydrogen) atoms. The molecule has 1 N–H and O–H groups in total. The van der Waals surface area contributed by atoms with Crippen molar-refractivity contribution in [2.45, 2.75) is 52.0 Å². The quantitative estimate of drug-likeness (QED) is 0.745. The zero-order valence-corrected chi connectivity index (χ0v) is 11.2. The van der Waals surface area contributed by atoms with E-state index in [0.29, 0.717) is 6.04 Å². The predicted molar refractivity (Wildman–Crippen MR) is 74.2 cm³/mol. The molecule has 2 rings (SSSR count). The Hall–Kier alpha value is -0.820. The van der Waals surface area contributed by atoms with Gasteiger partial charge in [-0.15, -0.1) is 0 Å². The van der Waals surface area contributed by atoms with Crippen LogP contribution in [-0.4, -0.2) is 6.54 Å². The van der Waals surface area contributed by atoms with Crippen molar-refractivity contribution in [1.82, 2.24) is 5.32 Å². The smallest absolute Gasteiger partial charge is 0.0322 e. The Morgan fingerprint density at radius 1 is 1.24 bits per heavy atom. The van der Waals surface area contributed by atoms with Crippen LogP contribution in [0.4, 0.5) is 0 Å². The van der Waals surface area contributed by atoms with Gasteiger partial charge in [-0.2, -0.15) is 0 Å². The molecule has 0 spiro atoms. The highest BCUT2D eigenvalue weighted by molar-refractivity contribution is 5.30. The van der Waals surface area contributed by atoms with Crippen molar-refractivity contribution in [1.29, 1.82) is 0 Å². The molecule has 94 valence electrons. The number of hydrogen-bond donors (Lipinski definition) is 1. The van der Waals surface area contributed by atoms with Gasteiger partial charge in [0.2, 0.25) is 0 Å². The molecule has 1 aliphatic rings. The maximum atomic E-state index is 3.66. The number of aryl methyl sites for hydroxylation is 1. The van der Waals surface area contributed by atoms with Crippen LogP contribution >= 0.6 is 0 Å². The SMILES string of the molecule is CCNC(CCC1CC1)c1ccccc1CC. The summed E-state index contributed by atoms with van der Waals surface area (Å²) >= 11 is 0. The van der Waals surface area contributed by atoms with Gasteiger partial charge in [0.15, 0.2) is 0 Å². The first-order chi connectivity index (χ1) is 8.35. The molecule has 1 unspecified atom stereocenters. The Labute approximate surface area is 106 Å². The predicted octanol–water partition coefficient (Wildman–Crippen LogP) is 4.09. The lowest BCUT2D eigenvalue weighted by atomic mass is 9.94. The van der Waals surface area contributed by atoms with E-state index in [4.69, 9.17) is 0 Å². The molecule has 1 aromatic carbocycles. The fourth-order valence-corrected chi connectivity index (χ4v) is 2.62. The molecule has 1 saturated carbocycles. The van der Waals surface area contributed by atoms with Gasteiger partial charge in [-0.1, -0.05) is 51.0 Å². The van der Waals surface area contributed by atoms with Crippen molar-refractivity contribution in [3.8, 4) is 0 Å². The van der Waals surface area contributed by atoms with Gasteiger partial charge in [0, 0.05) is 6.04 Å². The van der Waals surface area contributed by atoms with Crippen molar-refractivity contribution in [3.05, 3.63) is 35.4 Å². The van der Waals surface area contributed by atoms with Gasteiger partial charge in [-0.25, -0.2) is 0 Å². The van der Waals surface area contributed by atoms with E-state index >= 15 is 0 Å². The summed E-state index contributed by atoms with van der Waals surface area (Å²) in [6.07, 6.45) is 6.77. The highest BCUT2D eigenvalue weighted by Gasteiger charge is 2.23. The maximum absolute atomic E-state index is 3.66. The largest absolute Gasteiger partial charge is 0.310 e. The van der Waals surface area contributed by atoms with Crippen molar-refractivity contribution < 1.29 is 0 Å². The summed E-state index contributed by atoms with van der Waals surface area (Å²) in [7, 11) is 0. The van der Waals surface area contributed by atoms with Crippen LogP contribution in [0.5, 0.6) is 0 Å². The van der Waals surface area contributed by atoms with Gasteiger partial charge in [-0.05, 0) is 42.9 Å².